The fourth-order valence-corrected chi connectivity index (χ4v) is 12.4. The third kappa shape index (κ3) is 38.1. The van der Waals surface area contributed by atoms with Crippen molar-refractivity contribution >= 4 is 5.91 Å². The lowest BCUT2D eigenvalue weighted by molar-refractivity contribution is -0.379. The first-order chi connectivity index (χ1) is 46.8. The number of aliphatic hydroxyl groups excluding tert-OH is 11. The zero-order valence-electron chi connectivity index (χ0n) is 59.1. The van der Waals surface area contributed by atoms with E-state index >= 15 is 0 Å². The second-order valence-corrected chi connectivity index (χ2v) is 26.7. The summed E-state index contributed by atoms with van der Waals surface area (Å²) in [5.41, 5.74) is 0. The van der Waals surface area contributed by atoms with Crippen molar-refractivity contribution in [3.63, 3.8) is 0 Å². The molecule has 17 atom stereocenters. The Hall–Kier alpha value is -3.03. The van der Waals surface area contributed by atoms with E-state index in [4.69, 9.17) is 28.4 Å². The summed E-state index contributed by atoms with van der Waals surface area (Å²) in [5.74, 6) is -0.291. The van der Waals surface area contributed by atoms with E-state index in [2.05, 4.69) is 92.1 Å². The van der Waals surface area contributed by atoms with E-state index in [-0.39, 0.29) is 18.9 Å². The van der Waals surface area contributed by atoms with Gasteiger partial charge in [0.05, 0.1) is 38.6 Å². The third-order valence-electron chi connectivity index (χ3n) is 18.4. The Morgan fingerprint density at radius 1 is 0.385 bits per heavy atom. The van der Waals surface area contributed by atoms with E-state index in [0.29, 0.717) is 6.42 Å². The molecule has 0 aliphatic carbocycles. The molecule has 0 aromatic carbocycles. The van der Waals surface area contributed by atoms with Gasteiger partial charge in [0, 0.05) is 6.42 Å². The Kier molecular flexibility index (Phi) is 52.3. The molecule has 0 spiro atoms. The Morgan fingerprint density at radius 3 is 1.12 bits per heavy atom. The molecule has 3 aliphatic heterocycles. The summed E-state index contributed by atoms with van der Waals surface area (Å²) in [7, 11) is 0. The zero-order chi connectivity index (χ0) is 69.6. The monoisotopic (exact) mass is 1360 g/mol. The number of rotatable bonds is 58. The fraction of sp³-hybridized carbons (Fsp3) is 0.805. The zero-order valence-corrected chi connectivity index (χ0v) is 59.1. The minimum Gasteiger partial charge on any atom is -0.394 e. The molecule has 96 heavy (non-hydrogen) atoms. The first kappa shape index (κ1) is 87.2. The maximum atomic E-state index is 13.4. The van der Waals surface area contributed by atoms with Gasteiger partial charge in [0.15, 0.2) is 18.9 Å². The molecule has 0 aromatic rings. The van der Waals surface area contributed by atoms with Crippen LogP contribution in [0.2, 0.25) is 0 Å². The van der Waals surface area contributed by atoms with Gasteiger partial charge in [0.1, 0.15) is 73.2 Å². The van der Waals surface area contributed by atoms with E-state index in [1.807, 2.05) is 6.08 Å². The van der Waals surface area contributed by atoms with Crippen LogP contribution in [0.25, 0.3) is 0 Å². The molecule has 17 unspecified atom stereocenters. The lowest BCUT2D eigenvalue weighted by atomic mass is 9.96. The van der Waals surface area contributed by atoms with E-state index in [1.165, 1.54) is 135 Å². The number of hydrogen-bond acceptors (Lipinski definition) is 18. The smallest absolute Gasteiger partial charge is 0.220 e. The number of ether oxygens (including phenoxy) is 6. The Labute approximate surface area is 578 Å². The van der Waals surface area contributed by atoms with Gasteiger partial charge in [-0.2, -0.15) is 0 Å². The van der Waals surface area contributed by atoms with E-state index < -0.39 is 124 Å². The molecule has 19 nitrogen and oxygen atoms in total. The molecule has 556 valence electrons. The number of nitrogens with one attached hydrogen (secondary N) is 1. The van der Waals surface area contributed by atoms with Crippen molar-refractivity contribution in [2.24, 2.45) is 0 Å². The molecule has 3 aliphatic rings. The van der Waals surface area contributed by atoms with Gasteiger partial charge in [-0.3, -0.25) is 4.79 Å². The van der Waals surface area contributed by atoms with Crippen LogP contribution in [0.4, 0.5) is 0 Å². The normalized spacial score (nSPS) is 27.5. The first-order valence-corrected chi connectivity index (χ1v) is 37.8. The van der Waals surface area contributed by atoms with E-state index in [9.17, 15) is 61.0 Å². The van der Waals surface area contributed by atoms with Crippen molar-refractivity contribution in [1.29, 1.82) is 0 Å². The highest BCUT2D eigenvalue weighted by molar-refractivity contribution is 5.76. The lowest BCUT2D eigenvalue weighted by Crippen LogP contribution is -2.66. The number of aliphatic hydroxyl groups is 11. The predicted octanol–water partition coefficient (Wildman–Crippen LogP) is 11.4. The Bertz CT molecular complexity index is 2070. The standard InChI is InChI=1S/C77H135NO18/c1-3-5-7-9-11-13-15-17-19-21-23-25-27-29-31-32-34-36-38-40-42-44-46-48-50-52-54-61(82)60(78-65(83)55-53-51-49-47-45-43-41-39-37-35-33-30-28-26-24-22-20-18-16-14-12-10-8-6-4-2)59-91-75-71(89)68(86)73(63(57-80)93-75)96-77-72(90)69(87)74(64(58-81)94-77)95-76-70(88)67(85)66(84)62(56-79)92-76/h6,8,12,14,18,20,24,26,30,33,37,39,52,54,60-64,66-77,79-82,84-90H,3-5,7,9-11,13,15-17,19,21-23,25,27-29,31-32,34-36,38,40-51,53,55-59H2,1-2H3,(H,78,83)/b8-6-,14-12-,20-18-,26-24-,33-30-,39-37-,54-52+. The van der Waals surface area contributed by atoms with Crippen molar-refractivity contribution in [3.8, 4) is 0 Å². The topological polar surface area (TPSA) is 307 Å². The van der Waals surface area contributed by atoms with Crippen LogP contribution in [0.15, 0.2) is 85.1 Å². The van der Waals surface area contributed by atoms with Crippen LogP contribution < -0.4 is 5.32 Å². The van der Waals surface area contributed by atoms with Gasteiger partial charge >= 0.3 is 0 Å². The first-order valence-electron chi connectivity index (χ1n) is 37.8. The summed E-state index contributed by atoms with van der Waals surface area (Å²) in [6, 6.07) is -0.989. The molecule has 0 bridgehead atoms. The summed E-state index contributed by atoms with van der Waals surface area (Å²) in [6.45, 7) is 1.63. The van der Waals surface area contributed by atoms with Crippen LogP contribution in [-0.2, 0) is 33.2 Å². The maximum absolute atomic E-state index is 13.4. The highest BCUT2D eigenvalue weighted by Gasteiger charge is 2.53. The molecular weight excluding hydrogens is 1230 g/mol. The van der Waals surface area contributed by atoms with Gasteiger partial charge in [0.2, 0.25) is 5.91 Å². The van der Waals surface area contributed by atoms with Gasteiger partial charge in [-0.05, 0) is 70.6 Å². The van der Waals surface area contributed by atoms with E-state index in [1.54, 1.807) is 6.08 Å². The Balaban J connectivity index is 1.42. The van der Waals surface area contributed by atoms with Crippen LogP contribution >= 0.6 is 0 Å². The fourth-order valence-electron chi connectivity index (χ4n) is 12.4. The second-order valence-electron chi connectivity index (χ2n) is 26.7. The van der Waals surface area contributed by atoms with Crippen LogP contribution in [0, 0.1) is 0 Å². The molecule has 1 amide bonds. The molecule has 3 fully saturated rings. The summed E-state index contributed by atoms with van der Waals surface area (Å²) in [4.78, 5) is 13.4. The van der Waals surface area contributed by atoms with Gasteiger partial charge in [-0.25, -0.2) is 0 Å². The number of allylic oxidation sites excluding steroid dienone is 13. The number of amides is 1. The summed E-state index contributed by atoms with van der Waals surface area (Å²) in [6.07, 6.45) is 48.4. The number of carbonyl (C=O) groups is 1. The number of unbranched alkanes of at least 4 members (excludes halogenated alkanes) is 30. The van der Waals surface area contributed by atoms with Crippen molar-refractivity contribution in [2.45, 2.75) is 369 Å². The Morgan fingerprint density at radius 2 is 0.719 bits per heavy atom. The quantitative estimate of drug-likeness (QED) is 0.0199. The minimum absolute atomic E-state index is 0.222. The second kappa shape index (κ2) is 57.6. The molecular formula is C77H135NO18. The van der Waals surface area contributed by atoms with Crippen LogP contribution in [0.3, 0.4) is 0 Å². The van der Waals surface area contributed by atoms with Crippen LogP contribution in [-0.4, -0.2) is 193 Å². The largest absolute Gasteiger partial charge is 0.394 e. The molecule has 3 rings (SSSR count). The summed E-state index contributed by atoms with van der Waals surface area (Å²) < 4.78 is 34.4. The maximum Gasteiger partial charge on any atom is 0.220 e. The van der Waals surface area contributed by atoms with Crippen molar-refractivity contribution in [3.05, 3.63) is 85.1 Å². The third-order valence-corrected chi connectivity index (χ3v) is 18.4. The summed E-state index contributed by atoms with van der Waals surface area (Å²) in [5, 5.41) is 121. The SMILES string of the molecule is CC/C=C\C/C=C\C/C=C\C/C=C\C/C=C\C/C=C\CCCCCCCCC(=O)NC(COC1OC(CO)C(OC2OC(CO)C(OC3OC(CO)C(O)C(O)C3O)C(O)C2O)C(O)C1O)C(O)/C=C/CCCCCCCCCCCCCCCCCCCCCCCCCC. The van der Waals surface area contributed by atoms with Crippen molar-refractivity contribution < 1.29 is 89.4 Å². The van der Waals surface area contributed by atoms with Crippen molar-refractivity contribution in [1.82, 2.24) is 5.32 Å². The van der Waals surface area contributed by atoms with Gasteiger partial charge in [-0.15, -0.1) is 0 Å². The minimum atomic E-state index is -1.98. The number of carbonyl (C=O) groups excluding carboxylic acids is 1. The molecule has 3 saturated heterocycles. The molecule has 3 heterocycles. The molecule has 0 aromatic heterocycles. The van der Waals surface area contributed by atoms with Gasteiger partial charge < -0.3 is 89.9 Å². The average Bonchev–Trinajstić information content (AvgIpc) is 0.788. The van der Waals surface area contributed by atoms with Gasteiger partial charge in [-0.1, -0.05) is 272 Å². The average molecular weight is 1360 g/mol. The van der Waals surface area contributed by atoms with Gasteiger partial charge in [0.25, 0.3) is 0 Å². The van der Waals surface area contributed by atoms with Crippen molar-refractivity contribution in [2.75, 3.05) is 26.4 Å². The van der Waals surface area contributed by atoms with Crippen LogP contribution in [0.5, 0.6) is 0 Å². The summed E-state index contributed by atoms with van der Waals surface area (Å²) >= 11 is 0. The lowest BCUT2D eigenvalue weighted by Gasteiger charge is -2.48. The highest BCUT2D eigenvalue weighted by atomic mass is 16.8. The molecule has 12 N–H and O–H groups in total. The highest BCUT2D eigenvalue weighted by Crippen LogP contribution is 2.33. The van der Waals surface area contributed by atoms with Crippen LogP contribution in [0.1, 0.15) is 264 Å². The molecule has 0 radical (unpaired) electrons. The molecule has 0 saturated carbocycles. The van der Waals surface area contributed by atoms with E-state index in [0.717, 1.165) is 103 Å². The number of hydrogen-bond donors (Lipinski definition) is 12. The molecule has 19 heteroatoms. The predicted molar refractivity (Wildman–Crippen MR) is 378 cm³/mol.